The Morgan fingerprint density at radius 1 is 1.29 bits per heavy atom. The number of rotatable bonds is 8. The molecule has 2 heterocycles. The molecule has 0 saturated heterocycles. The lowest BCUT2D eigenvalue weighted by molar-refractivity contribution is 0.265. The molecule has 3 N–H and O–H groups in total. The van der Waals surface area contributed by atoms with E-state index in [1.165, 1.54) is 6.07 Å². The zero-order valence-electron chi connectivity index (χ0n) is 16.6. The van der Waals surface area contributed by atoms with Gasteiger partial charge in [-0.3, -0.25) is 9.89 Å². The van der Waals surface area contributed by atoms with Gasteiger partial charge >= 0.3 is 0 Å². The minimum Gasteiger partial charge on any atom is -0.468 e. The highest BCUT2D eigenvalue weighted by molar-refractivity contribution is 5.83. The molecule has 0 bridgehead atoms. The van der Waals surface area contributed by atoms with E-state index in [0.717, 1.165) is 41.2 Å². The maximum atomic E-state index is 13.5. The molecule has 0 radical (unpaired) electrons. The van der Waals surface area contributed by atoms with E-state index in [9.17, 15) is 4.39 Å². The van der Waals surface area contributed by atoms with Crippen molar-refractivity contribution in [3.8, 4) is 0 Å². The number of likely N-dealkylation sites (N-methyl/N-ethyl adjacent to an activating group) is 1. The molecule has 0 aliphatic heterocycles. The molecule has 6 nitrogen and oxygen atoms in total. The fourth-order valence-electron chi connectivity index (χ4n) is 3.18. The van der Waals surface area contributed by atoms with Crippen LogP contribution in [0.2, 0.25) is 0 Å². The first-order valence-electron chi connectivity index (χ1n) is 9.56. The highest BCUT2D eigenvalue weighted by Gasteiger charge is 2.16. The molecule has 0 fully saturated rings. The second-order valence-corrected chi connectivity index (χ2v) is 6.90. The van der Waals surface area contributed by atoms with E-state index in [2.05, 4.69) is 20.5 Å². The van der Waals surface area contributed by atoms with Gasteiger partial charge in [-0.05, 0) is 63.3 Å². The van der Waals surface area contributed by atoms with Crippen molar-refractivity contribution >= 4 is 16.9 Å². The van der Waals surface area contributed by atoms with Gasteiger partial charge in [0.2, 0.25) is 0 Å². The molecule has 7 heteroatoms. The van der Waals surface area contributed by atoms with Crippen LogP contribution in [0.3, 0.4) is 0 Å². The van der Waals surface area contributed by atoms with E-state index in [1.807, 2.05) is 39.3 Å². The second-order valence-electron chi connectivity index (χ2n) is 6.90. The van der Waals surface area contributed by atoms with Crippen LogP contribution < -0.4 is 10.6 Å². The van der Waals surface area contributed by atoms with Gasteiger partial charge in [-0.1, -0.05) is 0 Å². The Bertz CT molecular complexity index is 901. The monoisotopic (exact) mass is 385 g/mol. The molecule has 1 atom stereocenters. The number of aromatic nitrogens is 1. The maximum absolute atomic E-state index is 13.5. The van der Waals surface area contributed by atoms with Gasteiger partial charge in [0.15, 0.2) is 5.96 Å². The summed E-state index contributed by atoms with van der Waals surface area (Å²) in [7, 11) is 4.03. The van der Waals surface area contributed by atoms with E-state index < -0.39 is 0 Å². The number of benzene rings is 1. The van der Waals surface area contributed by atoms with Crippen LogP contribution in [0.5, 0.6) is 0 Å². The molecule has 0 amide bonds. The number of H-pyrrole nitrogens is 1. The van der Waals surface area contributed by atoms with E-state index >= 15 is 0 Å². The molecule has 1 unspecified atom stereocenters. The summed E-state index contributed by atoms with van der Waals surface area (Å²) in [6.45, 7) is 4.09. The topological polar surface area (TPSA) is 68.6 Å². The Labute approximate surface area is 164 Å². The van der Waals surface area contributed by atoms with E-state index in [1.54, 1.807) is 18.4 Å². The Morgan fingerprint density at radius 2 is 2.14 bits per heavy atom. The molecule has 0 saturated carbocycles. The van der Waals surface area contributed by atoms with Gasteiger partial charge in [0.1, 0.15) is 11.6 Å². The highest BCUT2D eigenvalue weighted by atomic mass is 19.1. The lowest BCUT2D eigenvalue weighted by atomic mass is 10.1. The van der Waals surface area contributed by atoms with Crippen LogP contribution in [0.1, 0.15) is 24.3 Å². The zero-order chi connectivity index (χ0) is 19.9. The summed E-state index contributed by atoms with van der Waals surface area (Å²) in [6, 6.07) is 8.74. The first kappa shape index (κ1) is 19.9. The molecule has 150 valence electrons. The summed E-state index contributed by atoms with van der Waals surface area (Å²) >= 11 is 0. The largest absolute Gasteiger partial charge is 0.468 e. The summed E-state index contributed by atoms with van der Waals surface area (Å²) in [5.74, 6) is 1.43. The third-order valence-electron chi connectivity index (χ3n) is 4.68. The SMILES string of the molecule is CCNC(=NCC(c1ccco1)N(C)C)NCCc1c[nH]c2ccc(F)cc12. The quantitative estimate of drug-likeness (QED) is 0.411. The number of furan rings is 1. The number of aromatic amines is 1. The Balaban J connectivity index is 1.62. The van der Waals surface area contributed by atoms with Gasteiger partial charge in [-0.25, -0.2) is 4.39 Å². The minimum absolute atomic E-state index is 0.0713. The Hall–Kier alpha value is -2.80. The van der Waals surface area contributed by atoms with Crippen LogP contribution in [-0.4, -0.2) is 49.6 Å². The summed E-state index contributed by atoms with van der Waals surface area (Å²) in [5.41, 5.74) is 2.03. The normalized spacial score (nSPS) is 13.2. The third kappa shape index (κ3) is 4.92. The molecule has 28 heavy (non-hydrogen) atoms. The number of fused-ring (bicyclic) bond motifs is 1. The first-order valence-corrected chi connectivity index (χ1v) is 9.56. The van der Waals surface area contributed by atoms with Crippen LogP contribution in [0.4, 0.5) is 4.39 Å². The van der Waals surface area contributed by atoms with Crippen molar-refractivity contribution in [1.29, 1.82) is 0 Å². The van der Waals surface area contributed by atoms with Crippen molar-refractivity contribution in [2.24, 2.45) is 4.99 Å². The standard InChI is InChI=1S/C21H28FN5O/c1-4-23-21(26-14-19(27(2)3)20-6-5-11-28-20)24-10-9-15-13-25-18-8-7-16(22)12-17(15)18/h5-8,11-13,19,25H,4,9-10,14H2,1-3H3,(H2,23,24,26). The van der Waals surface area contributed by atoms with Gasteiger partial charge in [-0.2, -0.15) is 0 Å². The third-order valence-corrected chi connectivity index (χ3v) is 4.68. The van der Waals surface area contributed by atoms with Crippen LogP contribution in [-0.2, 0) is 6.42 Å². The second kappa shape index (κ2) is 9.41. The van der Waals surface area contributed by atoms with Crippen LogP contribution in [0, 0.1) is 5.82 Å². The summed E-state index contributed by atoms with van der Waals surface area (Å²) in [4.78, 5) is 9.99. The number of aliphatic imine (C=N–C) groups is 1. The maximum Gasteiger partial charge on any atom is 0.191 e. The van der Waals surface area contributed by atoms with E-state index in [-0.39, 0.29) is 11.9 Å². The van der Waals surface area contributed by atoms with Crippen molar-refractivity contribution in [3.63, 3.8) is 0 Å². The summed E-state index contributed by atoms with van der Waals surface area (Å²) < 4.78 is 19.1. The smallest absolute Gasteiger partial charge is 0.191 e. The molecule has 0 aliphatic carbocycles. The average molecular weight is 385 g/mol. The van der Waals surface area contributed by atoms with Gasteiger partial charge in [0.25, 0.3) is 0 Å². The van der Waals surface area contributed by atoms with Gasteiger partial charge < -0.3 is 20.0 Å². The highest BCUT2D eigenvalue weighted by Crippen LogP contribution is 2.20. The lowest BCUT2D eigenvalue weighted by Crippen LogP contribution is -2.39. The van der Waals surface area contributed by atoms with Crippen molar-refractivity contribution < 1.29 is 8.81 Å². The number of guanidine groups is 1. The first-order chi connectivity index (χ1) is 13.6. The van der Waals surface area contributed by atoms with Crippen molar-refractivity contribution in [3.05, 3.63) is 59.9 Å². The lowest BCUT2D eigenvalue weighted by Gasteiger charge is -2.21. The average Bonchev–Trinajstić information content (AvgIpc) is 3.32. The predicted molar refractivity (Wildman–Crippen MR) is 111 cm³/mol. The van der Waals surface area contributed by atoms with Gasteiger partial charge in [0.05, 0.1) is 18.8 Å². The van der Waals surface area contributed by atoms with Crippen LogP contribution >= 0.6 is 0 Å². The zero-order valence-corrected chi connectivity index (χ0v) is 16.6. The molecule has 2 aromatic heterocycles. The van der Waals surface area contributed by atoms with Crippen molar-refractivity contribution in [2.45, 2.75) is 19.4 Å². The Morgan fingerprint density at radius 3 is 2.86 bits per heavy atom. The number of nitrogens with zero attached hydrogens (tertiary/aromatic N) is 2. The number of hydrogen-bond donors (Lipinski definition) is 3. The van der Waals surface area contributed by atoms with E-state index in [0.29, 0.717) is 13.1 Å². The van der Waals surface area contributed by atoms with Gasteiger partial charge in [0, 0.05) is 30.2 Å². The minimum atomic E-state index is -0.219. The van der Waals surface area contributed by atoms with E-state index in [4.69, 9.17) is 9.41 Å². The molecule has 3 aromatic rings. The molecule has 1 aromatic carbocycles. The molecule has 3 rings (SSSR count). The molecule has 0 aliphatic rings. The molecule has 0 spiro atoms. The fourth-order valence-corrected chi connectivity index (χ4v) is 3.18. The molecular formula is C21H28FN5O. The fraction of sp³-hybridized carbons (Fsp3) is 0.381. The Kier molecular flexibility index (Phi) is 6.71. The molecular weight excluding hydrogens is 357 g/mol. The number of hydrogen-bond acceptors (Lipinski definition) is 3. The van der Waals surface area contributed by atoms with Crippen molar-refractivity contribution in [2.75, 3.05) is 33.7 Å². The summed E-state index contributed by atoms with van der Waals surface area (Å²) in [5, 5.41) is 7.56. The number of halogens is 1. The predicted octanol–water partition coefficient (Wildman–Crippen LogP) is 3.30. The number of nitrogens with one attached hydrogen (secondary N) is 3. The summed E-state index contributed by atoms with van der Waals surface area (Å²) in [6.07, 6.45) is 4.39. The van der Waals surface area contributed by atoms with Crippen LogP contribution in [0.25, 0.3) is 10.9 Å². The van der Waals surface area contributed by atoms with Gasteiger partial charge in [-0.15, -0.1) is 0 Å². The van der Waals surface area contributed by atoms with Crippen LogP contribution in [0.15, 0.2) is 52.2 Å². The van der Waals surface area contributed by atoms with Crippen molar-refractivity contribution in [1.82, 2.24) is 20.5 Å².